The summed E-state index contributed by atoms with van der Waals surface area (Å²) in [6, 6.07) is 8.49. The smallest absolute Gasteiger partial charge is 0.309 e. The Morgan fingerprint density at radius 3 is 2.48 bits per heavy atom. The van der Waals surface area contributed by atoms with Crippen LogP contribution in [0.4, 0.5) is 16.2 Å². The van der Waals surface area contributed by atoms with Crippen LogP contribution in [-0.2, 0) is 24.7 Å². The largest absolute Gasteiger partial charge is 0.481 e. The molecule has 6 aliphatic rings. The molecule has 3 aromatic rings. The number of hydrogen-bond donors (Lipinski definition) is 2. The lowest BCUT2D eigenvalue weighted by molar-refractivity contribution is -0.230. The van der Waals surface area contributed by atoms with Crippen molar-refractivity contribution < 1.29 is 14.3 Å². The predicted molar refractivity (Wildman–Crippen MR) is 184 cm³/mol. The first-order chi connectivity index (χ1) is 23.2. The first-order valence-electron chi connectivity index (χ1n) is 18.3. The third kappa shape index (κ3) is 5.38. The molecular weight excluding hydrogens is 605 g/mol. The summed E-state index contributed by atoms with van der Waals surface area (Å²) >= 11 is 0. The van der Waals surface area contributed by atoms with E-state index >= 15 is 0 Å². The van der Waals surface area contributed by atoms with Crippen LogP contribution >= 0.6 is 0 Å². The zero-order valence-electron chi connectivity index (χ0n) is 28.7. The zero-order valence-corrected chi connectivity index (χ0v) is 28.7. The fourth-order valence-corrected chi connectivity index (χ4v) is 10.6. The molecule has 10 heteroatoms. The number of fused-ring (bicyclic) bond motifs is 3. The van der Waals surface area contributed by atoms with Crippen molar-refractivity contribution >= 4 is 17.7 Å². The Kier molecular flexibility index (Phi) is 8.00. The maximum Gasteiger partial charge on any atom is 0.309 e. The summed E-state index contributed by atoms with van der Waals surface area (Å²) in [6.45, 7) is 3.10. The Hall–Kier alpha value is -3.53. The standard InChI is InChI=1S/C38H50FN7O2/c1-4-33(37-21-38(22-37,23-37)35(47)48)45(3)36-42-31-15-14-25(24-8-5-9-27(39)16-24)17-30(31)34(43-36)41-32(26-18-40-44(2)19-26)20-46-28-10-6-11-29(46)13-7-12-28/h5,8-9,16,18-19,25,28-29,32-33H,4,6-7,10-15,17,20-23H2,1-3H3,(H,47,48)(H,41,42,43)/t25-,28?,29?,32+,33-,37?,38?/m1/s1. The molecule has 0 spiro atoms. The van der Waals surface area contributed by atoms with Gasteiger partial charge >= 0.3 is 5.97 Å². The van der Waals surface area contributed by atoms with Gasteiger partial charge in [-0.2, -0.15) is 10.1 Å². The molecule has 0 radical (unpaired) electrons. The van der Waals surface area contributed by atoms with Gasteiger partial charge in [-0.15, -0.1) is 0 Å². The molecule has 2 N–H and O–H groups in total. The van der Waals surface area contributed by atoms with Crippen molar-refractivity contribution in [3.8, 4) is 0 Å². The number of piperidine rings is 2. The number of anilines is 2. The average molecular weight is 656 g/mol. The van der Waals surface area contributed by atoms with Gasteiger partial charge in [-0.1, -0.05) is 31.9 Å². The maximum absolute atomic E-state index is 14.3. The molecule has 4 heterocycles. The van der Waals surface area contributed by atoms with Crippen molar-refractivity contribution in [3.63, 3.8) is 0 Å². The number of carbonyl (C=O) groups is 1. The third-order valence-electron chi connectivity index (χ3n) is 12.9. The number of aliphatic carboxylic acids is 1. The molecule has 0 unspecified atom stereocenters. The number of aromatic nitrogens is 4. The second kappa shape index (κ2) is 12.1. The molecule has 0 amide bonds. The normalized spacial score (nSPS) is 30.4. The average Bonchev–Trinajstić information content (AvgIpc) is 3.46. The second-order valence-electron chi connectivity index (χ2n) is 15.8. The number of aryl methyl sites for hydroxylation is 2. The van der Waals surface area contributed by atoms with Crippen LogP contribution in [0.15, 0.2) is 36.7 Å². The Balaban J connectivity index is 1.15. The highest BCUT2D eigenvalue weighted by Crippen LogP contribution is 2.75. The summed E-state index contributed by atoms with van der Waals surface area (Å²) in [7, 11) is 4.07. The first kappa shape index (κ1) is 31.7. The highest BCUT2D eigenvalue weighted by atomic mass is 19.1. The lowest BCUT2D eigenvalue weighted by atomic mass is 9.33. The van der Waals surface area contributed by atoms with E-state index in [2.05, 4.69) is 40.4 Å². The Morgan fingerprint density at radius 1 is 1.12 bits per heavy atom. The minimum Gasteiger partial charge on any atom is -0.481 e. The molecule has 2 aliphatic heterocycles. The molecule has 48 heavy (non-hydrogen) atoms. The maximum atomic E-state index is 14.3. The van der Waals surface area contributed by atoms with Crippen LogP contribution in [0.3, 0.4) is 0 Å². The summed E-state index contributed by atoms with van der Waals surface area (Å²) in [5, 5.41) is 18.4. The molecule has 2 saturated heterocycles. The van der Waals surface area contributed by atoms with Crippen molar-refractivity contribution in [1.82, 2.24) is 24.6 Å². The van der Waals surface area contributed by atoms with E-state index in [-0.39, 0.29) is 29.2 Å². The number of nitrogens with one attached hydrogen (secondary N) is 1. The predicted octanol–water partition coefficient (Wildman–Crippen LogP) is 6.65. The summed E-state index contributed by atoms with van der Waals surface area (Å²) in [5.41, 5.74) is 3.87. The topological polar surface area (TPSA) is 99.4 Å². The summed E-state index contributed by atoms with van der Waals surface area (Å²) in [4.78, 5) is 27.5. The number of rotatable bonds is 11. The Morgan fingerprint density at radius 2 is 1.85 bits per heavy atom. The van der Waals surface area contributed by atoms with E-state index in [4.69, 9.17) is 9.97 Å². The monoisotopic (exact) mass is 655 g/mol. The molecule has 9 rings (SSSR count). The van der Waals surface area contributed by atoms with E-state index in [1.54, 1.807) is 6.07 Å². The minimum atomic E-state index is -0.648. The zero-order chi connectivity index (χ0) is 33.2. The molecular formula is C38H50FN7O2. The molecule has 1 aromatic carbocycles. The van der Waals surface area contributed by atoms with Gasteiger partial charge in [0.15, 0.2) is 0 Å². The van der Waals surface area contributed by atoms with E-state index < -0.39 is 11.4 Å². The van der Waals surface area contributed by atoms with Gasteiger partial charge < -0.3 is 15.3 Å². The summed E-state index contributed by atoms with van der Waals surface area (Å²) in [5.74, 6) is 0.924. The molecule has 3 atom stereocenters. The van der Waals surface area contributed by atoms with Gasteiger partial charge in [0.1, 0.15) is 11.6 Å². The fraction of sp³-hybridized carbons (Fsp3) is 0.632. The van der Waals surface area contributed by atoms with E-state index in [1.165, 1.54) is 44.6 Å². The molecule has 4 bridgehead atoms. The van der Waals surface area contributed by atoms with Crippen molar-refractivity contribution in [2.24, 2.45) is 17.9 Å². The Labute approximate surface area is 283 Å². The highest BCUT2D eigenvalue weighted by molar-refractivity contribution is 5.79. The van der Waals surface area contributed by atoms with Crippen LogP contribution < -0.4 is 10.2 Å². The van der Waals surface area contributed by atoms with Crippen molar-refractivity contribution in [1.29, 1.82) is 0 Å². The van der Waals surface area contributed by atoms with Gasteiger partial charge in [-0.25, -0.2) is 9.37 Å². The number of benzene rings is 1. The van der Waals surface area contributed by atoms with Crippen LogP contribution in [0.25, 0.3) is 0 Å². The molecule has 4 aliphatic carbocycles. The van der Waals surface area contributed by atoms with E-state index in [1.807, 2.05) is 30.1 Å². The SMILES string of the molecule is CC[C@@H](N(C)c1nc2c(c(N[C@@H](CN3C4CCCC3CCC4)c3cnn(C)c3)n1)C[C@H](c1cccc(F)c1)CC2)C12CC(C(=O)O)(C1)C2. The lowest BCUT2D eigenvalue weighted by Crippen LogP contribution is -2.72. The lowest BCUT2D eigenvalue weighted by Gasteiger charge is -2.71. The molecule has 2 aromatic heterocycles. The van der Waals surface area contributed by atoms with Crippen LogP contribution in [0, 0.1) is 16.6 Å². The third-order valence-corrected chi connectivity index (χ3v) is 12.9. The number of hydrogen-bond acceptors (Lipinski definition) is 7. The van der Waals surface area contributed by atoms with Gasteiger partial charge in [-0.3, -0.25) is 14.4 Å². The molecule has 5 fully saturated rings. The quantitative estimate of drug-likeness (QED) is 0.237. The highest BCUT2D eigenvalue weighted by Gasteiger charge is 2.74. The van der Waals surface area contributed by atoms with Crippen LogP contribution in [-0.4, -0.2) is 67.4 Å². The molecule has 9 nitrogen and oxygen atoms in total. The van der Waals surface area contributed by atoms with Crippen LogP contribution in [0.5, 0.6) is 0 Å². The van der Waals surface area contributed by atoms with Crippen molar-refractivity contribution in [3.05, 3.63) is 64.9 Å². The Bertz CT molecular complexity index is 1650. The molecule has 256 valence electrons. The number of carboxylic acid groups (broad SMARTS) is 1. The van der Waals surface area contributed by atoms with Gasteiger partial charge in [-0.05, 0) is 99.7 Å². The van der Waals surface area contributed by atoms with E-state index in [0.717, 1.165) is 79.7 Å². The van der Waals surface area contributed by atoms with Crippen molar-refractivity contribution in [2.75, 3.05) is 23.8 Å². The van der Waals surface area contributed by atoms with E-state index in [0.29, 0.717) is 18.0 Å². The number of carboxylic acids is 1. The first-order valence-corrected chi connectivity index (χ1v) is 18.3. The van der Waals surface area contributed by atoms with Gasteiger partial charge in [0.05, 0.1) is 23.3 Å². The number of halogens is 1. The number of nitrogens with zero attached hydrogens (tertiary/aromatic N) is 6. The summed E-state index contributed by atoms with van der Waals surface area (Å²) in [6.07, 6.45) is 17.4. The van der Waals surface area contributed by atoms with Gasteiger partial charge in [0.25, 0.3) is 0 Å². The second-order valence-corrected chi connectivity index (χ2v) is 15.8. The summed E-state index contributed by atoms with van der Waals surface area (Å²) < 4.78 is 16.2. The van der Waals surface area contributed by atoms with Gasteiger partial charge in [0, 0.05) is 56.1 Å². The fourth-order valence-electron chi connectivity index (χ4n) is 10.6. The van der Waals surface area contributed by atoms with Crippen LogP contribution in [0.2, 0.25) is 0 Å². The van der Waals surface area contributed by atoms with E-state index in [9.17, 15) is 14.3 Å². The minimum absolute atomic E-state index is 0.00150. The van der Waals surface area contributed by atoms with Gasteiger partial charge in [0.2, 0.25) is 5.95 Å². The molecule has 3 saturated carbocycles. The van der Waals surface area contributed by atoms with Crippen molar-refractivity contribution in [2.45, 2.75) is 120 Å². The van der Waals surface area contributed by atoms with Crippen LogP contribution in [0.1, 0.15) is 112 Å².